The van der Waals surface area contributed by atoms with Gasteiger partial charge in [-0.3, -0.25) is 4.79 Å². The molecular formula is C19H28N2O4. The number of carbonyl (C=O) groups is 2. The van der Waals surface area contributed by atoms with Crippen LogP contribution in [0, 0.1) is 0 Å². The van der Waals surface area contributed by atoms with Crippen molar-refractivity contribution in [3.8, 4) is 5.75 Å². The van der Waals surface area contributed by atoms with Gasteiger partial charge in [0.25, 0.3) is 0 Å². The Labute approximate surface area is 149 Å². The van der Waals surface area contributed by atoms with Crippen LogP contribution in [-0.4, -0.2) is 62.2 Å². The third kappa shape index (κ3) is 4.65. The number of hydrogen-bond acceptors (Lipinski definition) is 4. The number of methoxy groups -OCH3 is 2. The van der Waals surface area contributed by atoms with Crippen molar-refractivity contribution in [1.82, 2.24) is 9.80 Å². The maximum atomic E-state index is 12.7. The molecule has 0 spiro atoms. The van der Waals surface area contributed by atoms with Crippen molar-refractivity contribution in [1.29, 1.82) is 0 Å². The van der Waals surface area contributed by atoms with Gasteiger partial charge < -0.3 is 19.3 Å². The number of hydrogen-bond donors (Lipinski definition) is 0. The highest BCUT2D eigenvalue weighted by Crippen LogP contribution is 2.28. The zero-order valence-corrected chi connectivity index (χ0v) is 15.8. The quantitative estimate of drug-likeness (QED) is 0.842. The molecule has 2 amide bonds. The van der Waals surface area contributed by atoms with Crippen LogP contribution in [-0.2, 0) is 21.4 Å². The van der Waals surface area contributed by atoms with E-state index in [0.29, 0.717) is 32.6 Å². The Kier molecular flexibility index (Phi) is 5.93. The molecule has 1 aromatic rings. The molecule has 2 rings (SSSR count). The van der Waals surface area contributed by atoms with Crippen molar-refractivity contribution < 1.29 is 19.1 Å². The lowest BCUT2D eigenvalue weighted by Crippen LogP contribution is -2.51. The number of benzene rings is 1. The summed E-state index contributed by atoms with van der Waals surface area (Å²) in [5.74, 6) is 0.781. The molecule has 1 aromatic carbocycles. The number of rotatable bonds is 3. The second kappa shape index (κ2) is 7.76. The molecule has 0 saturated carbocycles. The normalized spacial score (nSPS) is 15.1. The van der Waals surface area contributed by atoms with Crippen LogP contribution in [0.5, 0.6) is 5.75 Å². The van der Waals surface area contributed by atoms with Gasteiger partial charge in [-0.15, -0.1) is 0 Å². The molecule has 1 fully saturated rings. The second-order valence-electron chi connectivity index (χ2n) is 7.29. The van der Waals surface area contributed by atoms with Crippen molar-refractivity contribution in [3.05, 3.63) is 29.3 Å². The Hall–Kier alpha value is -2.24. The summed E-state index contributed by atoms with van der Waals surface area (Å²) in [5.41, 5.74) is 2.08. The first-order valence-corrected chi connectivity index (χ1v) is 8.54. The Balaban J connectivity index is 2.07. The third-order valence-electron chi connectivity index (χ3n) is 4.55. The first-order valence-electron chi connectivity index (χ1n) is 8.54. The van der Waals surface area contributed by atoms with Gasteiger partial charge in [-0.2, -0.15) is 0 Å². The lowest BCUT2D eigenvalue weighted by atomic mass is 9.85. The molecule has 1 aliphatic rings. The zero-order valence-electron chi connectivity index (χ0n) is 15.8. The molecule has 6 heteroatoms. The molecule has 1 aliphatic heterocycles. The lowest BCUT2D eigenvalue weighted by molar-refractivity contribution is -0.132. The van der Waals surface area contributed by atoms with Crippen molar-refractivity contribution in [2.75, 3.05) is 40.4 Å². The average Bonchev–Trinajstić information content (AvgIpc) is 2.60. The monoisotopic (exact) mass is 348 g/mol. The molecule has 138 valence electrons. The Morgan fingerprint density at radius 3 is 2.16 bits per heavy atom. The molecular weight excluding hydrogens is 320 g/mol. The zero-order chi connectivity index (χ0) is 18.6. The summed E-state index contributed by atoms with van der Waals surface area (Å²) in [4.78, 5) is 27.6. The molecule has 0 aliphatic carbocycles. The fourth-order valence-corrected chi connectivity index (χ4v) is 2.93. The van der Waals surface area contributed by atoms with E-state index in [9.17, 15) is 9.59 Å². The molecule has 1 heterocycles. The largest absolute Gasteiger partial charge is 0.496 e. The summed E-state index contributed by atoms with van der Waals surface area (Å²) in [6.45, 7) is 8.48. The molecule has 0 radical (unpaired) electrons. The van der Waals surface area contributed by atoms with Crippen LogP contribution >= 0.6 is 0 Å². The van der Waals surface area contributed by atoms with E-state index in [-0.39, 0.29) is 17.4 Å². The van der Waals surface area contributed by atoms with E-state index in [1.165, 1.54) is 12.7 Å². The smallest absolute Gasteiger partial charge is 0.409 e. The van der Waals surface area contributed by atoms with Crippen molar-refractivity contribution in [2.24, 2.45) is 0 Å². The molecule has 25 heavy (non-hydrogen) atoms. The van der Waals surface area contributed by atoms with Crippen LogP contribution in [0.4, 0.5) is 4.79 Å². The molecule has 6 nitrogen and oxygen atoms in total. The SMILES string of the molecule is COC(=O)N1CCN(C(=O)Cc2cc(C(C)(C)C)ccc2OC)CC1. The highest BCUT2D eigenvalue weighted by molar-refractivity contribution is 5.80. The van der Waals surface area contributed by atoms with Gasteiger partial charge in [0.2, 0.25) is 5.91 Å². The van der Waals surface area contributed by atoms with E-state index in [1.54, 1.807) is 16.9 Å². The number of piperazine rings is 1. The van der Waals surface area contributed by atoms with Gasteiger partial charge in [0.15, 0.2) is 0 Å². The standard InChI is InChI=1S/C19H28N2O4/c1-19(2,3)15-6-7-16(24-4)14(12-15)13-17(22)20-8-10-21(11-9-20)18(23)25-5/h6-7,12H,8-11,13H2,1-5H3. The van der Waals surface area contributed by atoms with Gasteiger partial charge in [-0.05, 0) is 17.0 Å². The minimum absolute atomic E-state index is 0.0101. The topological polar surface area (TPSA) is 59.1 Å². The lowest BCUT2D eigenvalue weighted by Gasteiger charge is -2.34. The average molecular weight is 348 g/mol. The van der Waals surface area contributed by atoms with E-state index in [2.05, 4.69) is 26.8 Å². The Morgan fingerprint density at radius 2 is 1.64 bits per heavy atom. The van der Waals surface area contributed by atoms with E-state index < -0.39 is 0 Å². The van der Waals surface area contributed by atoms with Crippen LogP contribution in [0.15, 0.2) is 18.2 Å². The highest BCUT2D eigenvalue weighted by atomic mass is 16.5. The third-order valence-corrected chi connectivity index (χ3v) is 4.55. The predicted octanol–water partition coefficient (Wildman–Crippen LogP) is 2.45. The number of ether oxygens (including phenoxy) is 2. The van der Waals surface area contributed by atoms with Gasteiger partial charge in [0, 0.05) is 31.7 Å². The Morgan fingerprint density at radius 1 is 1.04 bits per heavy atom. The van der Waals surface area contributed by atoms with Gasteiger partial charge in [0.05, 0.1) is 20.6 Å². The number of amides is 2. The highest BCUT2D eigenvalue weighted by Gasteiger charge is 2.25. The van der Waals surface area contributed by atoms with Gasteiger partial charge in [-0.1, -0.05) is 32.9 Å². The van der Waals surface area contributed by atoms with Crippen molar-refractivity contribution >= 4 is 12.0 Å². The van der Waals surface area contributed by atoms with E-state index >= 15 is 0 Å². The maximum absolute atomic E-state index is 12.7. The second-order valence-corrected chi connectivity index (χ2v) is 7.29. The first-order chi connectivity index (χ1) is 11.8. The summed E-state index contributed by atoms with van der Waals surface area (Å²) >= 11 is 0. The predicted molar refractivity (Wildman–Crippen MR) is 96.0 cm³/mol. The summed E-state index contributed by atoms with van der Waals surface area (Å²) in [6.07, 6.45) is -0.0441. The van der Waals surface area contributed by atoms with Crippen molar-refractivity contribution in [3.63, 3.8) is 0 Å². The fourth-order valence-electron chi connectivity index (χ4n) is 2.93. The van der Waals surface area contributed by atoms with E-state index in [1.807, 2.05) is 12.1 Å². The van der Waals surface area contributed by atoms with Crippen LogP contribution < -0.4 is 4.74 Å². The fraction of sp³-hybridized carbons (Fsp3) is 0.579. The van der Waals surface area contributed by atoms with Gasteiger partial charge >= 0.3 is 6.09 Å². The van der Waals surface area contributed by atoms with E-state index in [0.717, 1.165) is 11.3 Å². The van der Waals surface area contributed by atoms with Crippen LogP contribution in [0.2, 0.25) is 0 Å². The van der Waals surface area contributed by atoms with Crippen molar-refractivity contribution in [2.45, 2.75) is 32.6 Å². The van der Waals surface area contributed by atoms with Gasteiger partial charge in [0.1, 0.15) is 5.75 Å². The minimum atomic E-state index is -0.341. The minimum Gasteiger partial charge on any atom is -0.496 e. The number of carbonyl (C=O) groups excluding carboxylic acids is 2. The molecule has 0 N–H and O–H groups in total. The molecule has 1 saturated heterocycles. The van der Waals surface area contributed by atoms with Crippen LogP contribution in [0.25, 0.3) is 0 Å². The molecule has 0 aromatic heterocycles. The summed E-state index contributed by atoms with van der Waals surface area (Å²) in [6, 6.07) is 6.03. The van der Waals surface area contributed by atoms with Crippen LogP contribution in [0.1, 0.15) is 31.9 Å². The van der Waals surface area contributed by atoms with Gasteiger partial charge in [-0.25, -0.2) is 4.79 Å². The first kappa shape index (κ1) is 19.1. The molecule has 0 atom stereocenters. The summed E-state index contributed by atoms with van der Waals surface area (Å²) < 4.78 is 10.1. The maximum Gasteiger partial charge on any atom is 0.409 e. The van der Waals surface area contributed by atoms with Crippen LogP contribution in [0.3, 0.4) is 0 Å². The number of nitrogens with zero attached hydrogens (tertiary/aromatic N) is 2. The Bertz CT molecular complexity index is 629. The summed E-state index contributed by atoms with van der Waals surface area (Å²) in [5, 5.41) is 0. The molecule has 0 bridgehead atoms. The molecule has 0 unspecified atom stereocenters. The van der Waals surface area contributed by atoms with E-state index in [4.69, 9.17) is 9.47 Å². The summed E-state index contributed by atoms with van der Waals surface area (Å²) in [7, 11) is 2.99.